The molecule has 0 aliphatic rings. The summed E-state index contributed by atoms with van der Waals surface area (Å²) in [5.74, 6) is -1.21. The third-order valence-corrected chi connectivity index (χ3v) is 5.49. The Balaban J connectivity index is 1.88. The summed E-state index contributed by atoms with van der Waals surface area (Å²) in [6.07, 6.45) is 0. The molecule has 3 rings (SSSR count). The third-order valence-electron chi connectivity index (χ3n) is 4.45. The zero-order valence-electron chi connectivity index (χ0n) is 16.8. The Morgan fingerprint density at radius 2 is 1.90 bits per heavy atom. The number of nitrogens with two attached hydrogens (primary N) is 1. The van der Waals surface area contributed by atoms with Crippen LogP contribution in [0.1, 0.15) is 49.5 Å². The number of nitrogens with zero attached hydrogens (tertiary/aromatic N) is 3. The van der Waals surface area contributed by atoms with Crippen molar-refractivity contribution in [2.45, 2.75) is 27.4 Å². The first-order valence-corrected chi connectivity index (χ1v) is 9.97. The maximum Gasteiger partial charge on any atom is 0.348 e. The van der Waals surface area contributed by atoms with E-state index >= 15 is 0 Å². The van der Waals surface area contributed by atoms with Crippen molar-refractivity contribution in [3.8, 4) is 11.8 Å². The number of hydrogen-bond donors (Lipinski definition) is 1. The average Bonchev–Trinajstić information content (AvgIpc) is 3.22. The smallest absolute Gasteiger partial charge is 0.348 e. The van der Waals surface area contributed by atoms with Gasteiger partial charge in [-0.1, -0.05) is 18.2 Å². The van der Waals surface area contributed by atoms with Crippen LogP contribution in [-0.2, 0) is 16.1 Å². The first-order chi connectivity index (χ1) is 14.4. The second-order valence-electron chi connectivity index (χ2n) is 6.35. The highest BCUT2D eigenvalue weighted by Crippen LogP contribution is 2.32. The summed E-state index contributed by atoms with van der Waals surface area (Å²) in [5.41, 5.74) is 8.50. The summed E-state index contributed by atoms with van der Waals surface area (Å²) in [7, 11) is 0. The van der Waals surface area contributed by atoms with Crippen LogP contribution in [0.25, 0.3) is 5.69 Å². The number of nitrogen functional groups attached to an aromatic ring is 1. The molecule has 3 aromatic rings. The van der Waals surface area contributed by atoms with Crippen LogP contribution in [0.15, 0.2) is 30.3 Å². The van der Waals surface area contributed by atoms with Crippen LogP contribution in [-0.4, -0.2) is 28.3 Å². The molecule has 0 saturated heterocycles. The van der Waals surface area contributed by atoms with E-state index in [-0.39, 0.29) is 34.2 Å². The highest BCUT2D eigenvalue weighted by molar-refractivity contribution is 7.18. The maximum atomic E-state index is 12.8. The van der Waals surface area contributed by atoms with Gasteiger partial charge in [-0.05, 0) is 32.9 Å². The summed E-state index contributed by atoms with van der Waals surface area (Å²) >= 11 is 0.942. The molecule has 9 heteroatoms. The number of hydrogen-bond acceptors (Lipinski definition) is 8. The number of nitriles is 1. The number of rotatable bonds is 6. The molecule has 30 heavy (non-hydrogen) atoms. The topological polar surface area (TPSA) is 120 Å². The Hall–Kier alpha value is -3.64. The van der Waals surface area contributed by atoms with Gasteiger partial charge in [-0.3, -0.25) is 0 Å². The summed E-state index contributed by atoms with van der Waals surface area (Å²) < 4.78 is 12.1. The molecule has 0 aliphatic heterocycles. The Morgan fingerprint density at radius 1 is 1.20 bits per heavy atom. The lowest BCUT2D eigenvalue weighted by Crippen LogP contribution is -2.11. The van der Waals surface area contributed by atoms with Crippen molar-refractivity contribution in [3.63, 3.8) is 0 Å². The van der Waals surface area contributed by atoms with Gasteiger partial charge >= 0.3 is 11.9 Å². The Kier molecular flexibility index (Phi) is 6.18. The first-order valence-electron chi connectivity index (χ1n) is 9.16. The fraction of sp³-hybridized carbons (Fsp3) is 0.238. The monoisotopic (exact) mass is 424 g/mol. The number of carbonyl (C=O) groups is 2. The number of ether oxygens (including phenoxy) is 2. The minimum absolute atomic E-state index is 0.115. The molecule has 0 radical (unpaired) electrons. The van der Waals surface area contributed by atoms with Gasteiger partial charge in [0.05, 0.1) is 29.2 Å². The molecule has 0 fully saturated rings. The second kappa shape index (κ2) is 8.80. The highest BCUT2D eigenvalue weighted by atomic mass is 32.1. The molecule has 154 valence electrons. The van der Waals surface area contributed by atoms with E-state index in [0.29, 0.717) is 17.0 Å². The molecule has 2 aromatic heterocycles. The summed E-state index contributed by atoms with van der Waals surface area (Å²) in [6, 6.07) is 11.4. The van der Waals surface area contributed by atoms with Crippen molar-refractivity contribution < 1.29 is 19.1 Å². The molecule has 1 aromatic carbocycles. The third kappa shape index (κ3) is 3.90. The SMILES string of the molecule is CCOC(=O)c1sc(N)c(C#N)c1COC(=O)c1c(C)nn(-c2ccccc2)c1C. The molecule has 8 nitrogen and oxygen atoms in total. The van der Waals surface area contributed by atoms with Crippen LogP contribution in [0, 0.1) is 25.2 Å². The standard InChI is InChI=1S/C21H20N4O4S/c1-4-28-21(27)18-16(15(10-22)19(23)30-18)11-29-20(26)17-12(2)24-25(13(17)3)14-8-6-5-7-9-14/h5-9H,4,11,23H2,1-3H3. The van der Waals surface area contributed by atoms with Gasteiger partial charge in [0.2, 0.25) is 0 Å². The number of para-hydroxylation sites is 1. The Labute approximate surface area is 177 Å². The summed E-state index contributed by atoms with van der Waals surface area (Å²) in [6.45, 7) is 5.07. The van der Waals surface area contributed by atoms with Gasteiger partial charge in [-0.25, -0.2) is 14.3 Å². The zero-order valence-corrected chi connectivity index (χ0v) is 17.6. The van der Waals surface area contributed by atoms with Crippen molar-refractivity contribution in [2.24, 2.45) is 0 Å². The van der Waals surface area contributed by atoms with Crippen molar-refractivity contribution in [1.82, 2.24) is 9.78 Å². The number of carbonyl (C=O) groups excluding carboxylic acids is 2. The summed E-state index contributed by atoms with van der Waals surface area (Å²) in [4.78, 5) is 25.2. The van der Waals surface area contributed by atoms with Crippen LogP contribution in [0.2, 0.25) is 0 Å². The van der Waals surface area contributed by atoms with E-state index in [1.165, 1.54) is 0 Å². The van der Waals surface area contributed by atoms with E-state index in [9.17, 15) is 14.9 Å². The van der Waals surface area contributed by atoms with Crippen LogP contribution in [0.5, 0.6) is 0 Å². The van der Waals surface area contributed by atoms with Crippen molar-refractivity contribution in [2.75, 3.05) is 12.3 Å². The largest absolute Gasteiger partial charge is 0.462 e. The molecule has 0 saturated carbocycles. The molecule has 0 spiro atoms. The van der Waals surface area contributed by atoms with Crippen LogP contribution in [0.3, 0.4) is 0 Å². The average molecular weight is 424 g/mol. The lowest BCUT2D eigenvalue weighted by Gasteiger charge is -2.08. The molecular formula is C21H20N4O4S. The number of aryl methyl sites for hydroxylation is 1. The van der Waals surface area contributed by atoms with Crippen molar-refractivity contribution in [1.29, 1.82) is 5.26 Å². The highest BCUT2D eigenvalue weighted by Gasteiger charge is 2.26. The number of anilines is 1. The zero-order chi connectivity index (χ0) is 21.8. The van der Waals surface area contributed by atoms with E-state index in [1.54, 1.807) is 25.5 Å². The van der Waals surface area contributed by atoms with Crippen LogP contribution < -0.4 is 5.73 Å². The van der Waals surface area contributed by atoms with Crippen molar-refractivity contribution in [3.05, 3.63) is 63.3 Å². The number of benzene rings is 1. The van der Waals surface area contributed by atoms with E-state index in [1.807, 2.05) is 36.4 Å². The predicted octanol–water partition coefficient (Wildman–Crippen LogP) is 3.54. The molecule has 0 unspecified atom stereocenters. The van der Waals surface area contributed by atoms with Crippen LogP contribution >= 0.6 is 11.3 Å². The van der Waals surface area contributed by atoms with E-state index < -0.39 is 11.9 Å². The van der Waals surface area contributed by atoms with Crippen molar-refractivity contribution >= 4 is 28.3 Å². The van der Waals surface area contributed by atoms with E-state index in [2.05, 4.69) is 5.10 Å². The second-order valence-corrected chi connectivity index (χ2v) is 7.40. The fourth-order valence-electron chi connectivity index (χ4n) is 3.08. The molecule has 0 bridgehead atoms. The number of aromatic nitrogens is 2. The molecular weight excluding hydrogens is 404 g/mol. The molecule has 0 amide bonds. The molecule has 2 N–H and O–H groups in total. The first kappa shape index (κ1) is 21.1. The lowest BCUT2D eigenvalue weighted by atomic mass is 10.1. The quantitative estimate of drug-likeness (QED) is 0.601. The van der Waals surface area contributed by atoms with Gasteiger partial charge in [-0.2, -0.15) is 10.4 Å². The van der Waals surface area contributed by atoms with Gasteiger partial charge in [0, 0.05) is 5.56 Å². The Bertz CT molecular complexity index is 1140. The number of esters is 2. The normalized spacial score (nSPS) is 10.5. The molecule has 2 heterocycles. The lowest BCUT2D eigenvalue weighted by molar-refractivity contribution is 0.0451. The van der Waals surface area contributed by atoms with Crippen LogP contribution in [0.4, 0.5) is 5.00 Å². The van der Waals surface area contributed by atoms with Gasteiger partial charge < -0.3 is 15.2 Å². The van der Waals surface area contributed by atoms with E-state index in [0.717, 1.165) is 17.0 Å². The summed E-state index contributed by atoms with van der Waals surface area (Å²) in [5, 5.41) is 14.0. The fourth-order valence-corrected chi connectivity index (χ4v) is 3.99. The van der Waals surface area contributed by atoms with E-state index in [4.69, 9.17) is 15.2 Å². The van der Waals surface area contributed by atoms with Gasteiger partial charge in [0.15, 0.2) is 0 Å². The minimum atomic E-state index is -0.606. The molecule has 0 atom stereocenters. The maximum absolute atomic E-state index is 12.8. The van der Waals surface area contributed by atoms with Gasteiger partial charge in [0.25, 0.3) is 0 Å². The Morgan fingerprint density at radius 3 is 2.53 bits per heavy atom. The number of thiophene rings is 1. The molecule has 0 aliphatic carbocycles. The van der Waals surface area contributed by atoms with Gasteiger partial charge in [0.1, 0.15) is 28.1 Å². The predicted molar refractivity (Wildman–Crippen MR) is 112 cm³/mol. The minimum Gasteiger partial charge on any atom is -0.462 e. The van der Waals surface area contributed by atoms with Gasteiger partial charge in [-0.15, -0.1) is 11.3 Å².